The van der Waals surface area contributed by atoms with Gasteiger partial charge in [0.25, 0.3) is 0 Å². The highest BCUT2D eigenvalue weighted by atomic mass is 35.5. The molecule has 2 aliphatic rings. The average molecular weight is 258 g/mol. The first-order valence-electron chi connectivity index (χ1n) is 6.95. The van der Waals surface area contributed by atoms with Crippen LogP contribution in [0.4, 0.5) is 0 Å². The summed E-state index contributed by atoms with van der Waals surface area (Å²) in [5.41, 5.74) is 0.248. The molecule has 0 aromatic heterocycles. The van der Waals surface area contributed by atoms with Gasteiger partial charge in [0.2, 0.25) is 5.91 Å². The molecule has 0 aliphatic heterocycles. The predicted molar refractivity (Wildman–Crippen MR) is 71.2 cm³/mol. The van der Waals surface area contributed by atoms with Crippen LogP contribution in [0, 0.1) is 10.8 Å². The van der Waals surface area contributed by atoms with Crippen LogP contribution in [0.1, 0.15) is 58.3 Å². The van der Waals surface area contributed by atoms with E-state index < -0.39 is 0 Å². The number of halogens is 1. The van der Waals surface area contributed by atoms with Crippen molar-refractivity contribution in [3.05, 3.63) is 0 Å². The predicted octanol–water partition coefficient (Wildman–Crippen LogP) is 3.48. The fourth-order valence-corrected chi connectivity index (χ4v) is 3.33. The molecule has 0 radical (unpaired) electrons. The Balaban J connectivity index is 1.80. The summed E-state index contributed by atoms with van der Waals surface area (Å²) in [6.45, 7) is 2.97. The van der Waals surface area contributed by atoms with Gasteiger partial charge >= 0.3 is 0 Å². The highest BCUT2D eigenvalue weighted by Gasteiger charge is 2.43. The number of rotatable bonds is 5. The third kappa shape index (κ3) is 3.15. The molecule has 0 heterocycles. The van der Waals surface area contributed by atoms with E-state index in [4.69, 9.17) is 11.6 Å². The largest absolute Gasteiger partial charge is 0.355 e. The molecule has 0 spiro atoms. The lowest BCUT2D eigenvalue weighted by molar-refractivity contribution is -0.132. The maximum absolute atomic E-state index is 12.3. The standard InChI is InChI=1S/C14H24ClNO/c1-13(5-3-2-4-6-13)12(17)16-11-14(7-8-14)9-10-15/h2-11H2,1H3,(H,16,17). The topological polar surface area (TPSA) is 29.1 Å². The number of hydrogen-bond acceptors (Lipinski definition) is 1. The third-order valence-corrected chi connectivity index (χ3v) is 4.90. The Kier molecular flexibility index (Phi) is 4.02. The van der Waals surface area contributed by atoms with Gasteiger partial charge < -0.3 is 5.32 Å². The molecule has 0 aromatic rings. The fourth-order valence-electron chi connectivity index (χ4n) is 2.93. The lowest BCUT2D eigenvalue weighted by atomic mass is 9.75. The summed E-state index contributed by atoms with van der Waals surface area (Å²) in [6, 6.07) is 0. The maximum Gasteiger partial charge on any atom is 0.225 e. The second kappa shape index (κ2) is 5.17. The normalized spacial score (nSPS) is 25.3. The van der Waals surface area contributed by atoms with E-state index in [1.54, 1.807) is 0 Å². The molecule has 2 aliphatic carbocycles. The average Bonchev–Trinajstić information content (AvgIpc) is 3.08. The molecule has 0 saturated heterocycles. The molecule has 0 atom stereocenters. The highest BCUT2D eigenvalue weighted by molar-refractivity contribution is 6.17. The Morgan fingerprint density at radius 2 is 1.82 bits per heavy atom. The zero-order valence-corrected chi connectivity index (χ0v) is 11.6. The lowest BCUT2D eigenvalue weighted by Gasteiger charge is -2.32. The molecular weight excluding hydrogens is 234 g/mol. The first kappa shape index (κ1) is 13.2. The molecule has 2 nitrogen and oxygen atoms in total. The van der Waals surface area contributed by atoms with E-state index in [0.717, 1.165) is 25.8 Å². The van der Waals surface area contributed by atoms with E-state index in [-0.39, 0.29) is 11.3 Å². The van der Waals surface area contributed by atoms with Gasteiger partial charge in [-0.05, 0) is 37.5 Å². The SMILES string of the molecule is CC1(C(=O)NCC2(CCCl)CC2)CCCCC1. The third-order valence-electron chi connectivity index (χ3n) is 4.71. The second-order valence-electron chi connectivity index (χ2n) is 6.24. The van der Waals surface area contributed by atoms with Gasteiger partial charge in [-0.1, -0.05) is 26.2 Å². The number of carbonyl (C=O) groups is 1. The number of hydrogen-bond donors (Lipinski definition) is 1. The summed E-state index contributed by atoms with van der Waals surface area (Å²) in [6.07, 6.45) is 9.33. The minimum atomic E-state index is -0.102. The van der Waals surface area contributed by atoms with E-state index in [1.165, 1.54) is 32.1 Å². The van der Waals surface area contributed by atoms with Crippen molar-refractivity contribution in [1.82, 2.24) is 5.32 Å². The molecule has 2 rings (SSSR count). The summed E-state index contributed by atoms with van der Waals surface area (Å²) >= 11 is 5.80. The van der Waals surface area contributed by atoms with Crippen molar-refractivity contribution in [2.24, 2.45) is 10.8 Å². The Hall–Kier alpha value is -0.240. The Bertz CT molecular complexity index is 280. The van der Waals surface area contributed by atoms with E-state index in [2.05, 4.69) is 12.2 Å². The molecule has 1 N–H and O–H groups in total. The van der Waals surface area contributed by atoms with Crippen LogP contribution in [-0.2, 0) is 4.79 Å². The Morgan fingerprint density at radius 3 is 2.35 bits per heavy atom. The zero-order valence-electron chi connectivity index (χ0n) is 10.9. The minimum absolute atomic E-state index is 0.102. The van der Waals surface area contributed by atoms with Crippen LogP contribution in [0.25, 0.3) is 0 Å². The van der Waals surface area contributed by atoms with Crippen LogP contribution in [0.15, 0.2) is 0 Å². The number of amides is 1. The summed E-state index contributed by atoms with van der Waals surface area (Å²) in [7, 11) is 0. The first-order valence-corrected chi connectivity index (χ1v) is 7.48. The number of nitrogens with one attached hydrogen (secondary N) is 1. The Morgan fingerprint density at radius 1 is 1.18 bits per heavy atom. The van der Waals surface area contributed by atoms with Crippen LogP contribution >= 0.6 is 11.6 Å². The van der Waals surface area contributed by atoms with Crippen LogP contribution in [0.5, 0.6) is 0 Å². The molecule has 2 fully saturated rings. The van der Waals surface area contributed by atoms with Crippen molar-refractivity contribution in [2.45, 2.75) is 58.3 Å². The van der Waals surface area contributed by atoms with Gasteiger partial charge in [0.15, 0.2) is 0 Å². The van der Waals surface area contributed by atoms with Gasteiger partial charge in [-0.3, -0.25) is 4.79 Å². The zero-order chi connectivity index (χ0) is 12.4. The molecular formula is C14H24ClNO. The fraction of sp³-hybridized carbons (Fsp3) is 0.929. The minimum Gasteiger partial charge on any atom is -0.355 e. The first-order chi connectivity index (χ1) is 8.10. The molecule has 0 aromatic carbocycles. The van der Waals surface area contributed by atoms with E-state index in [1.807, 2.05) is 0 Å². The van der Waals surface area contributed by atoms with Crippen molar-refractivity contribution in [2.75, 3.05) is 12.4 Å². The Labute approximate surface area is 109 Å². The smallest absolute Gasteiger partial charge is 0.225 e. The number of alkyl halides is 1. The highest BCUT2D eigenvalue weighted by Crippen LogP contribution is 2.48. The van der Waals surface area contributed by atoms with Crippen molar-refractivity contribution < 1.29 is 4.79 Å². The van der Waals surface area contributed by atoms with Gasteiger partial charge in [0, 0.05) is 17.8 Å². The summed E-state index contributed by atoms with van der Waals surface area (Å²) in [4.78, 5) is 12.3. The molecule has 98 valence electrons. The van der Waals surface area contributed by atoms with Gasteiger partial charge in [-0.25, -0.2) is 0 Å². The van der Waals surface area contributed by atoms with Gasteiger partial charge in [-0.2, -0.15) is 0 Å². The van der Waals surface area contributed by atoms with E-state index >= 15 is 0 Å². The molecule has 17 heavy (non-hydrogen) atoms. The van der Waals surface area contributed by atoms with Crippen molar-refractivity contribution >= 4 is 17.5 Å². The van der Waals surface area contributed by atoms with Gasteiger partial charge in [0.1, 0.15) is 0 Å². The molecule has 1 amide bonds. The van der Waals surface area contributed by atoms with Crippen molar-refractivity contribution in [3.8, 4) is 0 Å². The van der Waals surface area contributed by atoms with Crippen molar-refractivity contribution in [1.29, 1.82) is 0 Å². The summed E-state index contributed by atoms with van der Waals surface area (Å²) in [5.74, 6) is 0.991. The van der Waals surface area contributed by atoms with Gasteiger partial charge in [0.05, 0.1) is 0 Å². The molecule has 2 saturated carbocycles. The maximum atomic E-state index is 12.3. The number of carbonyl (C=O) groups excluding carboxylic acids is 1. The van der Waals surface area contributed by atoms with Crippen LogP contribution in [0.2, 0.25) is 0 Å². The second-order valence-corrected chi connectivity index (χ2v) is 6.62. The van der Waals surface area contributed by atoms with Crippen LogP contribution < -0.4 is 5.32 Å². The monoisotopic (exact) mass is 257 g/mol. The van der Waals surface area contributed by atoms with Crippen molar-refractivity contribution in [3.63, 3.8) is 0 Å². The van der Waals surface area contributed by atoms with Crippen LogP contribution in [-0.4, -0.2) is 18.3 Å². The quantitative estimate of drug-likeness (QED) is 0.751. The molecule has 0 unspecified atom stereocenters. The summed E-state index contributed by atoms with van der Waals surface area (Å²) in [5, 5.41) is 3.18. The lowest BCUT2D eigenvalue weighted by Crippen LogP contribution is -2.42. The van der Waals surface area contributed by atoms with Crippen LogP contribution in [0.3, 0.4) is 0 Å². The molecule has 0 bridgehead atoms. The van der Waals surface area contributed by atoms with Gasteiger partial charge in [-0.15, -0.1) is 11.6 Å². The van der Waals surface area contributed by atoms with E-state index in [0.29, 0.717) is 11.3 Å². The summed E-state index contributed by atoms with van der Waals surface area (Å²) < 4.78 is 0. The molecule has 3 heteroatoms. The van der Waals surface area contributed by atoms with E-state index in [9.17, 15) is 4.79 Å².